The number of hydrogen-bond donors (Lipinski definition) is 6. The number of nitrogens with one attached hydrogen (secondary N) is 1. The average Bonchev–Trinajstić information content (AvgIpc) is 2.27. The molecule has 0 aliphatic rings. The molecule has 17 heavy (non-hydrogen) atoms. The van der Waals surface area contributed by atoms with Crippen LogP contribution in [0.5, 0.6) is 0 Å². The van der Waals surface area contributed by atoms with Gasteiger partial charge in [-0.05, 0) is 0 Å². The van der Waals surface area contributed by atoms with Gasteiger partial charge in [-0.15, -0.1) is 0 Å². The Hall–Kier alpha value is -1.93. The molecule has 0 unspecified atom stereocenters. The molecular weight excluding hydrogens is 226 g/mol. The zero-order valence-corrected chi connectivity index (χ0v) is 9.30. The highest BCUT2D eigenvalue weighted by atomic mass is 16.5. The van der Waals surface area contributed by atoms with Crippen molar-refractivity contribution in [3.63, 3.8) is 0 Å². The molecule has 0 spiro atoms. The van der Waals surface area contributed by atoms with Gasteiger partial charge >= 0.3 is 0 Å². The number of aromatic nitrogens is 1. The molecule has 0 fully saturated rings. The number of rotatable bonds is 5. The lowest BCUT2D eigenvalue weighted by Crippen LogP contribution is -2.37. The number of aliphatic hydroxyl groups is 2. The van der Waals surface area contributed by atoms with Gasteiger partial charge in [0.1, 0.15) is 11.5 Å². The highest BCUT2D eigenvalue weighted by molar-refractivity contribution is 5.69. The van der Waals surface area contributed by atoms with Crippen molar-refractivity contribution in [3.8, 4) is 0 Å². The number of anilines is 3. The van der Waals surface area contributed by atoms with E-state index in [-0.39, 0.29) is 49.0 Å². The Morgan fingerprint density at radius 3 is 2.24 bits per heavy atom. The molecule has 0 saturated heterocycles. The second-order valence-corrected chi connectivity index (χ2v) is 3.47. The summed E-state index contributed by atoms with van der Waals surface area (Å²) < 4.78 is 0.493. The Labute approximate surface area is 97.8 Å². The van der Waals surface area contributed by atoms with Crippen molar-refractivity contribution in [1.29, 1.82) is 5.41 Å². The van der Waals surface area contributed by atoms with E-state index in [9.17, 15) is 5.21 Å². The quantitative estimate of drug-likeness (QED) is 0.335. The summed E-state index contributed by atoms with van der Waals surface area (Å²) in [7, 11) is 0. The van der Waals surface area contributed by atoms with E-state index in [1.54, 1.807) is 0 Å². The van der Waals surface area contributed by atoms with Crippen LogP contribution >= 0.6 is 0 Å². The van der Waals surface area contributed by atoms with Crippen LogP contribution < -0.4 is 21.9 Å². The van der Waals surface area contributed by atoms with Gasteiger partial charge in [-0.25, -0.2) is 0 Å². The fourth-order valence-corrected chi connectivity index (χ4v) is 1.56. The lowest BCUT2D eigenvalue weighted by Gasteiger charge is -2.25. The maximum absolute atomic E-state index is 9.49. The molecule has 1 rings (SSSR count). The van der Waals surface area contributed by atoms with Gasteiger partial charge in [-0.1, -0.05) is 0 Å². The molecule has 8 N–H and O–H groups in total. The SMILES string of the molecule is N=c1c(N(CCO)CCO)c(N)cc(N)n1O. The average molecular weight is 243 g/mol. The largest absolute Gasteiger partial charge is 0.425 e. The lowest BCUT2D eigenvalue weighted by atomic mass is 10.3. The van der Waals surface area contributed by atoms with Crippen LogP contribution in [0.1, 0.15) is 0 Å². The van der Waals surface area contributed by atoms with Gasteiger partial charge in [0.2, 0.25) is 0 Å². The molecule has 8 heteroatoms. The Kier molecular flexibility index (Phi) is 4.18. The maximum atomic E-state index is 9.49. The van der Waals surface area contributed by atoms with Crippen molar-refractivity contribution >= 4 is 17.2 Å². The van der Waals surface area contributed by atoms with E-state index in [1.165, 1.54) is 11.0 Å². The zero-order chi connectivity index (χ0) is 13.0. The number of aliphatic hydroxyl groups excluding tert-OH is 2. The molecule has 0 aromatic carbocycles. The topological polar surface area (TPSA) is 145 Å². The molecule has 0 amide bonds. The standard InChI is InChI=1S/C9H17N5O3/c10-6-5-7(11)14(17)9(12)8(6)13(1-3-15)2-4-16/h5,12,15-17H,1-4,10-11H2. The van der Waals surface area contributed by atoms with Crippen molar-refractivity contribution in [1.82, 2.24) is 4.73 Å². The van der Waals surface area contributed by atoms with Crippen LogP contribution in [0.4, 0.5) is 17.2 Å². The summed E-state index contributed by atoms with van der Waals surface area (Å²) >= 11 is 0. The lowest BCUT2D eigenvalue weighted by molar-refractivity contribution is 0.177. The molecule has 1 heterocycles. The Bertz CT molecular complexity index is 439. The minimum atomic E-state index is -0.288. The molecule has 96 valence electrons. The van der Waals surface area contributed by atoms with E-state index in [2.05, 4.69) is 0 Å². The van der Waals surface area contributed by atoms with Crippen molar-refractivity contribution in [2.24, 2.45) is 0 Å². The summed E-state index contributed by atoms with van der Waals surface area (Å²) in [5.74, 6) is -0.0517. The summed E-state index contributed by atoms with van der Waals surface area (Å²) in [6.07, 6.45) is 0. The first kappa shape index (κ1) is 13.1. The molecule has 0 saturated carbocycles. The molecule has 1 aromatic heterocycles. The normalized spacial score (nSPS) is 10.5. The Balaban J connectivity index is 3.27. The zero-order valence-electron chi connectivity index (χ0n) is 9.30. The summed E-state index contributed by atoms with van der Waals surface area (Å²) in [6, 6.07) is 1.31. The highest BCUT2D eigenvalue weighted by Crippen LogP contribution is 2.19. The van der Waals surface area contributed by atoms with Gasteiger partial charge < -0.3 is 31.8 Å². The van der Waals surface area contributed by atoms with Crippen LogP contribution in [-0.2, 0) is 0 Å². The number of nitrogens with zero attached hydrogens (tertiary/aromatic N) is 2. The monoisotopic (exact) mass is 243 g/mol. The van der Waals surface area contributed by atoms with Crippen LogP contribution in [0.3, 0.4) is 0 Å². The van der Waals surface area contributed by atoms with Gasteiger partial charge in [0, 0.05) is 19.2 Å². The minimum absolute atomic E-state index is 0.0517. The van der Waals surface area contributed by atoms with Crippen molar-refractivity contribution < 1.29 is 15.4 Å². The second kappa shape index (κ2) is 5.41. The van der Waals surface area contributed by atoms with E-state index in [1.807, 2.05) is 0 Å². The molecule has 1 aromatic rings. The van der Waals surface area contributed by atoms with Gasteiger partial charge in [-0.2, -0.15) is 4.73 Å². The number of pyridine rings is 1. The minimum Gasteiger partial charge on any atom is -0.425 e. The molecule has 0 atom stereocenters. The highest BCUT2D eigenvalue weighted by Gasteiger charge is 2.15. The van der Waals surface area contributed by atoms with Gasteiger partial charge in [-0.3, -0.25) is 5.41 Å². The first-order valence-corrected chi connectivity index (χ1v) is 5.04. The first-order valence-electron chi connectivity index (χ1n) is 5.04. The van der Waals surface area contributed by atoms with Crippen LogP contribution in [0, 0.1) is 5.41 Å². The van der Waals surface area contributed by atoms with Crippen molar-refractivity contribution in [2.75, 3.05) is 42.7 Å². The first-order chi connectivity index (χ1) is 8.02. The third-order valence-corrected chi connectivity index (χ3v) is 2.31. The van der Waals surface area contributed by atoms with Crippen LogP contribution in [0.2, 0.25) is 0 Å². The molecule has 0 aliphatic carbocycles. The summed E-state index contributed by atoms with van der Waals surface area (Å²) in [4.78, 5) is 1.50. The number of hydrogen-bond acceptors (Lipinski definition) is 7. The van der Waals surface area contributed by atoms with Gasteiger partial charge in [0.15, 0.2) is 5.49 Å². The third-order valence-electron chi connectivity index (χ3n) is 2.31. The predicted octanol–water partition coefficient (Wildman–Crippen LogP) is -1.84. The molecule has 0 radical (unpaired) electrons. The van der Waals surface area contributed by atoms with E-state index in [0.29, 0.717) is 4.73 Å². The molecule has 0 bridgehead atoms. The summed E-state index contributed by atoms with van der Waals surface area (Å²) in [6.45, 7) is 0.0739. The van der Waals surface area contributed by atoms with Gasteiger partial charge in [0.25, 0.3) is 0 Å². The van der Waals surface area contributed by atoms with E-state index < -0.39 is 0 Å². The predicted molar refractivity (Wildman–Crippen MR) is 62.7 cm³/mol. The van der Waals surface area contributed by atoms with E-state index in [0.717, 1.165) is 0 Å². The van der Waals surface area contributed by atoms with Gasteiger partial charge in [0.05, 0.1) is 18.9 Å². The number of nitrogen functional groups attached to an aromatic ring is 2. The molecule has 0 aliphatic heterocycles. The summed E-state index contributed by atoms with van der Waals surface area (Å²) in [5.41, 5.74) is 11.3. The fourth-order valence-electron chi connectivity index (χ4n) is 1.56. The molecular formula is C9H17N5O3. The third kappa shape index (κ3) is 2.60. The number of nitrogens with two attached hydrogens (primary N) is 2. The van der Waals surface area contributed by atoms with Crippen LogP contribution in [0.15, 0.2) is 6.07 Å². The van der Waals surface area contributed by atoms with Crippen molar-refractivity contribution in [3.05, 3.63) is 11.6 Å². The van der Waals surface area contributed by atoms with E-state index >= 15 is 0 Å². The van der Waals surface area contributed by atoms with Crippen LogP contribution in [-0.4, -0.2) is 46.5 Å². The van der Waals surface area contributed by atoms with Crippen molar-refractivity contribution in [2.45, 2.75) is 0 Å². The van der Waals surface area contributed by atoms with E-state index in [4.69, 9.17) is 27.1 Å². The Morgan fingerprint density at radius 1 is 1.24 bits per heavy atom. The Morgan fingerprint density at radius 2 is 1.76 bits per heavy atom. The van der Waals surface area contributed by atoms with Crippen LogP contribution in [0.25, 0.3) is 0 Å². The molecule has 8 nitrogen and oxygen atoms in total. The smallest absolute Gasteiger partial charge is 0.188 e. The maximum Gasteiger partial charge on any atom is 0.188 e. The summed E-state index contributed by atoms with van der Waals surface area (Å²) in [5, 5.41) is 35.0. The fraction of sp³-hybridized carbons (Fsp3) is 0.444. The second-order valence-electron chi connectivity index (χ2n) is 3.47.